The van der Waals surface area contributed by atoms with Crippen LogP contribution in [0.2, 0.25) is 5.02 Å². The first-order chi connectivity index (χ1) is 9.88. The topological polar surface area (TPSA) is 52.3 Å². The summed E-state index contributed by atoms with van der Waals surface area (Å²) in [6, 6.07) is 6.63. The van der Waals surface area contributed by atoms with Crippen LogP contribution in [0, 0.1) is 18.6 Å². The Balaban J connectivity index is 2.13. The van der Waals surface area contributed by atoms with Gasteiger partial charge < -0.3 is 10.5 Å². The first-order valence-electron chi connectivity index (χ1n) is 6.05. The molecule has 0 fully saturated rings. The summed E-state index contributed by atoms with van der Waals surface area (Å²) in [5, 5.41) is -0.0254. The van der Waals surface area contributed by atoms with Crippen molar-refractivity contribution in [2.45, 2.75) is 13.5 Å². The number of benzene rings is 2. The third kappa shape index (κ3) is 3.49. The highest BCUT2D eigenvalue weighted by Crippen LogP contribution is 2.20. The van der Waals surface area contributed by atoms with E-state index in [2.05, 4.69) is 0 Å². The highest BCUT2D eigenvalue weighted by atomic mass is 35.5. The summed E-state index contributed by atoms with van der Waals surface area (Å²) in [4.78, 5) is 11.9. The standard InChI is InChI=1S/C15H12ClF2NO2/c1-8-4-10(19)6-11(14(8)18)15(20)21-7-9-2-3-12(16)13(17)5-9/h2-6H,7,19H2,1H3. The molecular formula is C15H12ClF2NO2. The minimum absolute atomic E-state index is 0.0254. The third-order valence-corrected chi connectivity index (χ3v) is 3.16. The minimum Gasteiger partial charge on any atom is -0.457 e. The molecule has 0 saturated heterocycles. The Hall–Kier alpha value is -2.14. The molecule has 0 atom stereocenters. The average molecular weight is 312 g/mol. The number of esters is 1. The zero-order valence-electron chi connectivity index (χ0n) is 11.1. The van der Waals surface area contributed by atoms with E-state index < -0.39 is 17.6 Å². The Morgan fingerprint density at radius 3 is 2.67 bits per heavy atom. The highest BCUT2D eigenvalue weighted by Gasteiger charge is 2.16. The molecule has 0 aliphatic carbocycles. The number of nitrogens with two attached hydrogens (primary N) is 1. The molecule has 0 radical (unpaired) electrons. The fraction of sp³-hybridized carbons (Fsp3) is 0.133. The summed E-state index contributed by atoms with van der Waals surface area (Å²) in [7, 11) is 0. The van der Waals surface area contributed by atoms with Gasteiger partial charge in [-0.25, -0.2) is 13.6 Å². The summed E-state index contributed by atoms with van der Waals surface area (Å²) >= 11 is 5.55. The lowest BCUT2D eigenvalue weighted by Gasteiger charge is -2.08. The molecule has 2 N–H and O–H groups in total. The van der Waals surface area contributed by atoms with Gasteiger partial charge in [0.25, 0.3) is 0 Å². The van der Waals surface area contributed by atoms with Crippen LogP contribution in [-0.4, -0.2) is 5.97 Å². The maximum atomic E-state index is 13.8. The van der Waals surface area contributed by atoms with E-state index in [0.29, 0.717) is 5.56 Å². The van der Waals surface area contributed by atoms with Crippen molar-refractivity contribution in [2.24, 2.45) is 0 Å². The number of halogens is 3. The van der Waals surface area contributed by atoms with Crippen molar-refractivity contribution in [3.8, 4) is 0 Å². The second-order valence-electron chi connectivity index (χ2n) is 4.52. The first kappa shape index (κ1) is 15.3. The molecule has 0 unspecified atom stereocenters. The number of hydrogen-bond donors (Lipinski definition) is 1. The highest BCUT2D eigenvalue weighted by molar-refractivity contribution is 6.30. The van der Waals surface area contributed by atoms with Gasteiger partial charge in [-0.05, 0) is 42.3 Å². The molecule has 0 heterocycles. The van der Waals surface area contributed by atoms with Crippen LogP contribution in [0.25, 0.3) is 0 Å². The maximum Gasteiger partial charge on any atom is 0.341 e. The average Bonchev–Trinajstić information content (AvgIpc) is 2.43. The van der Waals surface area contributed by atoms with E-state index >= 15 is 0 Å². The fourth-order valence-corrected chi connectivity index (χ4v) is 1.92. The van der Waals surface area contributed by atoms with E-state index in [1.165, 1.54) is 31.2 Å². The van der Waals surface area contributed by atoms with E-state index in [9.17, 15) is 13.6 Å². The second kappa shape index (κ2) is 6.10. The molecule has 0 aromatic heterocycles. The Morgan fingerprint density at radius 1 is 1.29 bits per heavy atom. The van der Waals surface area contributed by atoms with E-state index in [1.807, 2.05) is 0 Å². The molecule has 0 saturated carbocycles. The molecule has 0 spiro atoms. The Bertz CT molecular complexity index is 704. The van der Waals surface area contributed by atoms with E-state index in [0.717, 1.165) is 6.07 Å². The lowest BCUT2D eigenvalue weighted by Crippen LogP contribution is -2.09. The van der Waals surface area contributed by atoms with Crippen molar-refractivity contribution < 1.29 is 18.3 Å². The van der Waals surface area contributed by atoms with Crippen LogP contribution < -0.4 is 5.73 Å². The van der Waals surface area contributed by atoms with Crippen LogP contribution in [0.4, 0.5) is 14.5 Å². The lowest BCUT2D eigenvalue weighted by molar-refractivity contribution is 0.0467. The molecule has 0 amide bonds. The van der Waals surface area contributed by atoms with Gasteiger partial charge in [0, 0.05) is 5.69 Å². The van der Waals surface area contributed by atoms with Crippen molar-refractivity contribution >= 4 is 23.3 Å². The van der Waals surface area contributed by atoms with Gasteiger partial charge in [0.2, 0.25) is 0 Å². The molecule has 3 nitrogen and oxygen atoms in total. The number of hydrogen-bond acceptors (Lipinski definition) is 3. The summed E-state index contributed by atoms with van der Waals surface area (Å²) in [5.41, 5.74) is 6.24. The van der Waals surface area contributed by atoms with Gasteiger partial charge in [-0.3, -0.25) is 0 Å². The molecule has 0 bridgehead atoms. The number of carbonyl (C=O) groups is 1. The Kier molecular flexibility index (Phi) is 4.43. The molecule has 0 aliphatic rings. The molecule has 6 heteroatoms. The fourth-order valence-electron chi connectivity index (χ4n) is 1.80. The number of anilines is 1. The van der Waals surface area contributed by atoms with Crippen molar-refractivity contribution in [1.29, 1.82) is 0 Å². The molecule has 2 aromatic rings. The molecule has 21 heavy (non-hydrogen) atoms. The van der Waals surface area contributed by atoms with Crippen LogP contribution in [0.3, 0.4) is 0 Å². The predicted octanol–water partition coefficient (Wildman–Crippen LogP) is 3.87. The Morgan fingerprint density at radius 2 is 2.00 bits per heavy atom. The zero-order valence-corrected chi connectivity index (χ0v) is 11.9. The van der Waals surface area contributed by atoms with Crippen molar-refractivity contribution in [3.05, 3.63) is 63.7 Å². The van der Waals surface area contributed by atoms with E-state index in [-0.39, 0.29) is 28.4 Å². The maximum absolute atomic E-state index is 13.8. The van der Waals surface area contributed by atoms with Crippen molar-refractivity contribution in [1.82, 2.24) is 0 Å². The Labute approximate surface area is 125 Å². The number of ether oxygens (including phenoxy) is 1. The number of rotatable bonds is 3. The summed E-state index contributed by atoms with van der Waals surface area (Å²) < 4.78 is 32.0. The number of carbonyl (C=O) groups excluding carboxylic acids is 1. The summed E-state index contributed by atoms with van der Waals surface area (Å²) in [6.07, 6.45) is 0. The van der Waals surface area contributed by atoms with Crippen LogP contribution in [0.1, 0.15) is 21.5 Å². The van der Waals surface area contributed by atoms with Gasteiger partial charge in [-0.15, -0.1) is 0 Å². The summed E-state index contributed by atoms with van der Waals surface area (Å²) in [6.45, 7) is 1.30. The molecule has 2 rings (SSSR count). The van der Waals surface area contributed by atoms with Crippen LogP contribution >= 0.6 is 11.6 Å². The van der Waals surface area contributed by atoms with Gasteiger partial charge in [0.1, 0.15) is 18.2 Å². The first-order valence-corrected chi connectivity index (χ1v) is 6.43. The zero-order chi connectivity index (χ0) is 15.6. The van der Waals surface area contributed by atoms with Crippen molar-refractivity contribution in [2.75, 3.05) is 5.73 Å². The van der Waals surface area contributed by atoms with Gasteiger partial charge in [0.05, 0.1) is 10.6 Å². The number of nitrogen functional groups attached to an aromatic ring is 1. The molecule has 0 aliphatic heterocycles. The van der Waals surface area contributed by atoms with Crippen LogP contribution in [0.15, 0.2) is 30.3 Å². The molecule has 2 aromatic carbocycles. The van der Waals surface area contributed by atoms with Crippen LogP contribution in [-0.2, 0) is 11.3 Å². The van der Waals surface area contributed by atoms with Gasteiger partial charge in [-0.1, -0.05) is 17.7 Å². The summed E-state index contributed by atoms with van der Waals surface area (Å²) in [5.74, 6) is -2.16. The minimum atomic E-state index is -0.863. The lowest BCUT2D eigenvalue weighted by atomic mass is 10.1. The van der Waals surface area contributed by atoms with E-state index in [4.69, 9.17) is 22.1 Å². The largest absolute Gasteiger partial charge is 0.457 e. The van der Waals surface area contributed by atoms with Gasteiger partial charge in [0.15, 0.2) is 0 Å². The monoisotopic (exact) mass is 311 g/mol. The van der Waals surface area contributed by atoms with Gasteiger partial charge >= 0.3 is 5.97 Å². The normalized spacial score (nSPS) is 10.5. The SMILES string of the molecule is Cc1cc(N)cc(C(=O)OCc2ccc(Cl)c(F)c2)c1F. The van der Waals surface area contributed by atoms with Crippen molar-refractivity contribution in [3.63, 3.8) is 0 Å². The smallest absolute Gasteiger partial charge is 0.341 e. The van der Waals surface area contributed by atoms with Crippen LogP contribution in [0.5, 0.6) is 0 Å². The third-order valence-electron chi connectivity index (χ3n) is 2.85. The quantitative estimate of drug-likeness (QED) is 0.691. The van der Waals surface area contributed by atoms with Gasteiger partial charge in [-0.2, -0.15) is 0 Å². The molecule has 110 valence electrons. The second-order valence-corrected chi connectivity index (χ2v) is 4.93. The molecular weight excluding hydrogens is 300 g/mol. The van der Waals surface area contributed by atoms with E-state index in [1.54, 1.807) is 0 Å². The predicted molar refractivity (Wildman–Crippen MR) is 76.1 cm³/mol. The number of aryl methyl sites for hydroxylation is 1.